The maximum atomic E-state index is 12.3. The molecular formula is C24H31ClN2O4. The third-order valence-electron chi connectivity index (χ3n) is 5.39. The fourth-order valence-electron chi connectivity index (χ4n) is 3.62. The number of halogens is 1. The van der Waals surface area contributed by atoms with E-state index in [4.69, 9.17) is 9.84 Å². The summed E-state index contributed by atoms with van der Waals surface area (Å²) in [4.78, 5) is 25.6. The first kappa shape index (κ1) is 24.9. The number of ether oxygens (including phenoxy) is 1. The minimum absolute atomic E-state index is 0. The van der Waals surface area contributed by atoms with E-state index in [1.165, 1.54) is 30.5 Å². The van der Waals surface area contributed by atoms with E-state index in [0.29, 0.717) is 5.56 Å². The van der Waals surface area contributed by atoms with Gasteiger partial charge in [0.1, 0.15) is 0 Å². The van der Waals surface area contributed by atoms with E-state index in [1.54, 1.807) is 12.1 Å². The second kappa shape index (κ2) is 13.1. The predicted octanol–water partition coefficient (Wildman–Crippen LogP) is 4.00. The number of carbonyl (C=O) groups is 2. The van der Waals surface area contributed by atoms with E-state index >= 15 is 0 Å². The van der Waals surface area contributed by atoms with Crippen molar-refractivity contribution < 1.29 is 19.4 Å². The van der Waals surface area contributed by atoms with Crippen molar-refractivity contribution in [3.8, 4) is 0 Å². The van der Waals surface area contributed by atoms with Crippen molar-refractivity contribution in [3.05, 3.63) is 71.3 Å². The van der Waals surface area contributed by atoms with Crippen LogP contribution in [0.15, 0.2) is 54.6 Å². The van der Waals surface area contributed by atoms with Gasteiger partial charge in [-0.3, -0.25) is 9.69 Å². The summed E-state index contributed by atoms with van der Waals surface area (Å²) < 4.78 is 4.94. The summed E-state index contributed by atoms with van der Waals surface area (Å²) in [5, 5.41) is 12.0. The number of hydrogen-bond donors (Lipinski definition) is 2. The zero-order valence-electron chi connectivity index (χ0n) is 17.7. The quantitative estimate of drug-likeness (QED) is 0.725. The van der Waals surface area contributed by atoms with Gasteiger partial charge in [-0.15, -0.1) is 12.4 Å². The second-order valence-corrected chi connectivity index (χ2v) is 7.71. The lowest BCUT2D eigenvalue weighted by molar-refractivity contribution is 0.0696. The number of likely N-dealkylation sites (tertiary alicyclic amines) is 1. The Hall–Kier alpha value is -2.41. The Bertz CT molecular complexity index is 794. The topological polar surface area (TPSA) is 78.9 Å². The van der Waals surface area contributed by atoms with Crippen molar-refractivity contribution in [1.29, 1.82) is 0 Å². The number of nitrogens with one attached hydrogen (secondary N) is 1. The molecular weight excluding hydrogens is 416 g/mol. The Morgan fingerprint density at radius 1 is 0.935 bits per heavy atom. The van der Waals surface area contributed by atoms with Gasteiger partial charge in [-0.25, -0.2) is 4.79 Å². The molecule has 2 aliphatic heterocycles. The molecule has 31 heavy (non-hydrogen) atoms. The van der Waals surface area contributed by atoms with E-state index < -0.39 is 5.97 Å². The fourth-order valence-corrected chi connectivity index (χ4v) is 3.62. The highest BCUT2D eigenvalue weighted by Crippen LogP contribution is 2.15. The van der Waals surface area contributed by atoms with Gasteiger partial charge in [-0.05, 0) is 55.5 Å². The Kier molecular flexibility index (Phi) is 10.5. The molecule has 2 aromatic rings. The predicted molar refractivity (Wildman–Crippen MR) is 123 cm³/mol. The summed E-state index contributed by atoms with van der Waals surface area (Å²) in [6, 6.07) is 16.6. The van der Waals surface area contributed by atoms with Gasteiger partial charge in [0, 0.05) is 44.5 Å². The number of aromatic carboxylic acids is 1. The summed E-state index contributed by atoms with van der Waals surface area (Å²) in [7, 11) is 0. The molecule has 2 N–H and O–H groups in total. The number of carboxylic acids is 1. The van der Waals surface area contributed by atoms with Crippen LogP contribution in [0.3, 0.4) is 0 Å². The average molecular weight is 447 g/mol. The molecule has 2 fully saturated rings. The largest absolute Gasteiger partial charge is 0.478 e. The molecule has 0 atom stereocenters. The van der Waals surface area contributed by atoms with Crippen molar-refractivity contribution in [3.63, 3.8) is 0 Å². The van der Waals surface area contributed by atoms with Crippen LogP contribution >= 0.6 is 12.4 Å². The number of benzene rings is 2. The van der Waals surface area contributed by atoms with E-state index in [1.807, 2.05) is 6.07 Å². The highest BCUT2D eigenvalue weighted by molar-refractivity contribution is 5.96. The molecule has 0 aliphatic carbocycles. The zero-order valence-corrected chi connectivity index (χ0v) is 18.5. The van der Waals surface area contributed by atoms with Gasteiger partial charge < -0.3 is 15.2 Å². The van der Waals surface area contributed by atoms with Crippen molar-refractivity contribution in [2.24, 2.45) is 0 Å². The molecule has 2 aromatic carbocycles. The Morgan fingerprint density at radius 3 is 2.03 bits per heavy atom. The van der Waals surface area contributed by atoms with Gasteiger partial charge in [0.25, 0.3) is 5.91 Å². The first-order chi connectivity index (χ1) is 14.6. The van der Waals surface area contributed by atoms with E-state index in [-0.39, 0.29) is 29.9 Å². The molecule has 1 amide bonds. The van der Waals surface area contributed by atoms with Crippen LogP contribution in [0.5, 0.6) is 0 Å². The average Bonchev–Trinajstić information content (AvgIpc) is 3.36. The van der Waals surface area contributed by atoms with Gasteiger partial charge in [-0.2, -0.15) is 0 Å². The number of hydrogen-bond acceptors (Lipinski definition) is 4. The van der Waals surface area contributed by atoms with Crippen LogP contribution in [0.1, 0.15) is 52.0 Å². The zero-order chi connectivity index (χ0) is 21.2. The third-order valence-corrected chi connectivity index (χ3v) is 5.39. The Balaban J connectivity index is 0.000000501. The number of amides is 1. The molecule has 0 radical (unpaired) electrons. The van der Waals surface area contributed by atoms with E-state index in [0.717, 1.165) is 45.7 Å². The monoisotopic (exact) mass is 446 g/mol. The van der Waals surface area contributed by atoms with Crippen LogP contribution in [0.25, 0.3) is 0 Å². The van der Waals surface area contributed by atoms with Crippen LogP contribution < -0.4 is 5.32 Å². The van der Waals surface area contributed by atoms with Gasteiger partial charge in [0.05, 0.1) is 5.56 Å². The van der Waals surface area contributed by atoms with Crippen LogP contribution in [0.4, 0.5) is 0 Å². The number of carbonyl (C=O) groups excluding carboxylic acids is 1. The van der Waals surface area contributed by atoms with E-state index in [9.17, 15) is 9.59 Å². The SMILES string of the molecule is C1CCOC1.Cl.O=C(O)c1ccc(C(=O)NC2CCN(Cc3ccccc3)CC2)cc1. The number of piperidine rings is 1. The van der Waals surface area contributed by atoms with Crippen molar-refractivity contribution in [2.45, 2.75) is 38.3 Å². The molecule has 0 spiro atoms. The molecule has 4 rings (SSSR count). The minimum atomic E-state index is -0.988. The summed E-state index contributed by atoms with van der Waals surface area (Å²) in [5.41, 5.74) is 1.99. The lowest BCUT2D eigenvalue weighted by Crippen LogP contribution is -2.44. The molecule has 168 valence electrons. The maximum absolute atomic E-state index is 12.3. The third kappa shape index (κ3) is 8.32. The lowest BCUT2D eigenvalue weighted by atomic mass is 10.0. The van der Waals surface area contributed by atoms with Crippen LogP contribution in [0.2, 0.25) is 0 Å². The minimum Gasteiger partial charge on any atom is -0.478 e. The van der Waals surface area contributed by atoms with E-state index in [2.05, 4.69) is 34.5 Å². The first-order valence-electron chi connectivity index (χ1n) is 10.6. The number of nitrogens with zero attached hydrogens (tertiary/aromatic N) is 1. The normalized spacial score (nSPS) is 16.5. The summed E-state index contributed by atoms with van der Waals surface area (Å²) in [5.74, 6) is -1.13. The Labute approximate surface area is 190 Å². The number of carboxylic acid groups (broad SMARTS) is 1. The van der Waals surface area contributed by atoms with Gasteiger partial charge >= 0.3 is 5.97 Å². The standard InChI is InChI=1S/C20H22N2O3.C4H8O.ClH/c23-19(16-6-8-17(9-7-16)20(24)25)21-18-10-12-22(13-11-18)14-15-4-2-1-3-5-15;1-2-4-5-3-1;/h1-9,18H,10-14H2,(H,21,23)(H,24,25);1-4H2;1H. The fraction of sp³-hybridized carbons (Fsp3) is 0.417. The van der Waals surface area contributed by atoms with Gasteiger partial charge in [0.2, 0.25) is 0 Å². The van der Waals surface area contributed by atoms with Crippen molar-refractivity contribution in [1.82, 2.24) is 10.2 Å². The molecule has 7 heteroatoms. The molecule has 0 saturated carbocycles. The van der Waals surface area contributed by atoms with Crippen LogP contribution in [0, 0.1) is 0 Å². The Morgan fingerprint density at radius 2 is 1.52 bits per heavy atom. The van der Waals surface area contributed by atoms with Crippen LogP contribution in [-0.2, 0) is 11.3 Å². The molecule has 0 bridgehead atoms. The summed E-state index contributed by atoms with van der Waals surface area (Å²) >= 11 is 0. The summed E-state index contributed by atoms with van der Waals surface area (Å²) in [6.07, 6.45) is 4.40. The molecule has 0 aromatic heterocycles. The highest BCUT2D eigenvalue weighted by atomic mass is 35.5. The molecule has 2 aliphatic rings. The van der Waals surface area contributed by atoms with Gasteiger partial charge in [0.15, 0.2) is 0 Å². The maximum Gasteiger partial charge on any atom is 0.335 e. The number of rotatable bonds is 5. The molecule has 6 nitrogen and oxygen atoms in total. The summed E-state index contributed by atoms with van der Waals surface area (Å²) in [6.45, 7) is 4.85. The van der Waals surface area contributed by atoms with Crippen molar-refractivity contribution in [2.75, 3.05) is 26.3 Å². The van der Waals surface area contributed by atoms with Crippen molar-refractivity contribution >= 4 is 24.3 Å². The second-order valence-electron chi connectivity index (χ2n) is 7.71. The smallest absolute Gasteiger partial charge is 0.335 e. The van der Waals surface area contributed by atoms with Gasteiger partial charge in [-0.1, -0.05) is 30.3 Å². The molecule has 2 heterocycles. The van der Waals surface area contributed by atoms with Crippen LogP contribution in [-0.4, -0.2) is 54.2 Å². The molecule has 2 saturated heterocycles. The highest BCUT2D eigenvalue weighted by Gasteiger charge is 2.21. The first-order valence-corrected chi connectivity index (χ1v) is 10.6. The lowest BCUT2D eigenvalue weighted by Gasteiger charge is -2.32. The molecule has 0 unspecified atom stereocenters.